The average molecular weight is 367 g/mol. The Kier molecular flexibility index (Phi) is 4.41. The van der Waals surface area contributed by atoms with Gasteiger partial charge in [-0.3, -0.25) is 4.98 Å². The minimum absolute atomic E-state index is 0.303. The first kappa shape index (κ1) is 16.4. The van der Waals surface area contributed by atoms with Gasteiger partial charge in [0.25, 0.3) is 0 Å². The van der Waals surface area contributed by atoms with Gasteiger partial charge in [-0.15, -0.1) is 5.10 Å². The molecule has 0 aliphatic heterocycles. The molecule has 130 valence electrons. The van der Waals surface area contributed by atoms with E-state index in [1.165, 1.54) is 0 Å². The summed E-state index contributed by atoms with van der Waals surface area (Å²) < 4.78 is 12.8. The predicted molar refractivity (Wildman–Crippen MR) is 99.0 cm³/mol. The van der Waals surface area contributed by atoms with Gasteiger partial charge in [-0.05, 0) is 48.5 Å². The van der Waals surface area contributed by atoms with Crippen molar-refractivity contribution in [2.24, 2.45) is 0 Å². The van der Waals surface area contributed by atoms with Crippen LogP contribution in [0.2, 0.25) is 5.02 Å². The largest absolute Gasteiger partial charge is 0.497 e. The van der Waals surface area contributed by atoms with Crippen LogP contribution in [-0.2, 0) is 6.61 Å². The maximum atomic E-state index is 6.01. The Hall–Kier alpha value is -3.12. The highest BCUT2D eigenvalue weighted by atomic mass is 35.5. The zero-order chi connectivity index (χ0) is 17.9. The minimum atomic E-state index is 0.303. The first-order valence-corrected chi connectivity index (χ1v) is 8.33. The molecule has 0 N–H and O–H groups in total. The molecule has 2 heterocycles. The summed E-state index contributed by atoms with van der Waals surface area (Å²) in [7, 11) is 1.64. The van der Waals surface area contributed by atoms with E-state index >= 15 is 0 Å². The number of halogens is 1. The third-order valence-corrected chi connectivity index (χ3v) is 4.15. The molecule has 0 bridgehead atoms. The fourth-order valence-corrected chi connectivity index (χ4v) is 2.76. The van der Waals surface area contributed by atoms with Crippen LogP contribution in [0.1, 0.15) is 5.69 Å². The van der Waals surface area contributed by atoms with E-state index in [1.54, 1.807) is 18.0 Å². The van der Waals surface area contributed by atoms with Gasteiger partial charge in [0.15, 0.2) is 0 Å². The minimum Gasteiger partial charge on any atom is -0.497 e. The average Bonchev–Trinajstić information content (AvgIpc) is 3.15. The molecule has 0 aliphatic carbocycles. The van der Waals surface area contributed by atoms with Gasteiger partial charge in [0.05, 0.1) is 24.5 Å². The van der Waals surface area contributed by atoms with Crippen molar-refractivity contribution in [1.29, 1.82) is 0 Å². The Labute approximate surface area is 155 Å². The smallest absolute Gasteiger partial charge is 0.134 e. The van der Waals surface area contributed by atoms with Gasteiger partial charge in [0, 0.05) is 16.6 Å². The summed E-state index contributed by atoms with van der Waals surface area (Å²) in [6, 6.07) is 14.9. The summed E-state index contributed by atoms with van der Waals surface area (Å²) in [5.74, 6) is 1.52. The van der Waals surface area contributed by atoms with Crippen LogP contribution in [0.4, 0.5) is 0 Å². The first-order valence-electron chi connectivity index (χ1n) is 7.96. The summed E-state index contributed by atoms with van der Waals surface area (Å²) in [5, 5.41) is 9.85. The van der Waals surface area contributed by atoms with Gasteiger partial charge < -0.3 is 9.47 Å². The van der Waals surface area contributed by atoms with Crippen LogP contribution >= 0.6 is 11.6 Å². The highest BCUT2D eigenvalue weighted by molar-refractivity contribution is 6.31. The molecule has 4 rings (SSSR count). The quantitative estimate of drug-likeness (QED) is 0.533. The van der Waals surface area contributed by atoms with Crippen LogP contribution in [0.3, 0.4) is 0 Å². The van der Waals surface area contributed by atoms with Crippen LogP contribution in [0.15, 0.2) is 60.9 Å². The lowest BCUT2D eigenvalue weighted by molar-refractivity contribution is 0.304. The molecule has 0 saturated heterocycles. The molecule has 26 heavy (non-hydrogen) atoms. The zero-order valence-electron chi connectivity index (χ0n) is 14.0. The van der Waals surface area contributed by atoms with Crippen LogP contribution in [0.25, 0.3) is 16.6 Å². The Morgan fingerprint density at radius 3 is 2.73 bits per heavy atom. The number of ether oxygens (including phenoxy) is 2. The molecule has 0 spiro atoms. The standard InChI is InChI=1S/C19H15ClN4O2/c1-25-16-5-3-15(4-6-16)24-11-14(22-23-24)12-26-19-8-9-21-18-10-13(20)2-7-17(18)19/h2-11H,12H2,1H3. The molecule has 0 unspecified atom stereocenters. The first-order chi connectivity index (χ1) is 12.7. The van der Waals surface area contributed by atoms with Crippen molar-refractivity contribution in [1.82, 2.24) is 20.0 Å². The number of nitrogens with zero attached hydrogens (tertiary/aromatic N) is 4. The monoisotopic (exact) mass is 366 g/mol. The van der Waals surface area contributed by atoms with E-state index in [2.05, 4.69) is 15.3 Å². The summed E-state index contributed by atoms with van der Waals surface area (Å²) >= 11 is 6.01. The molecule has 0 saturated carbocycles. The molecule has 2 aromatic carbocycles. The van der Waals surface area contributed by atoms with E-state index in [0.717, 1.165) is 33.8 Å². The molecule has 2 aromatic heterocycles. The number of fused-ring (bicyclic) bond motifs is 1. The van der Waals surface area contributed by atoms with Crippen molar-refractivity contribution >= 4 is 22.5 Å². The lowest BCUT2D eigenvalue weighted by Gasteiger charge is -2.07. The van der Waals surface area contributed by atoms with E-state index in [4.69, 9.17) is 21.1 Å². The number of rotatable bonds is 5. The molecule has 0 radical (unpaired) electrons. The topological polar surface area (TPSA) is 62.1 Å². The Bertz CT molecular complexity index is 1050. The van der Waals surface area contributed by atoms with E-state index in [9.17, 15) is 0 Å². The predicted octanol–water partition coefficient (Wildman–Crippen LogP) is 4.06. The van der Waals surface area contributed by atoms with Crippen molar-refractivity contribution in [2.75, 3.05) is 7.11 Å². The summed E-state index contributed by atoms with van der Waals surface area (Å²) in [4.78, 5) is 4.31. The van der Waals surface area contributed by atoms with Crippen molar-refractivity contribution in [3.8, 4) is 17.2 Å². The number of hydrogen-bond acceptors (Lipinski definition) is 5. The SMILES string of the molecule is COc1ccc(-n2cc(COc3ccnc4cc(Cl)ccc34)nn2)cc1. The van der Waals surface area contributed by atoms with Crippen LogP contribution < -0.4 is 9.47 Å². The third-order valence-electron chi connectivity index (χ3n) is 3.92. The molecule has 0 fully saturated rings. The Morgan fingerprint density at radius 2 is 1.92 bits per heavy atom. The van der Waals surface area contributed by atoms with Gasteiger partial charge in [0.2, 0.25) is 0 Å². The van der Waals surface area contributed by atoms with Gasteiger partial charge in [-0.2, -0.15) is 0 Å². The number of aromatic nitrogens is 4. The number of pyridine rings is 1. The van der Waals surface area contributed by atoms with Crippen LogP contribution in [0, 0.1) is 0 Å². The van der Waals surface area contributed by atoms with Crippen molar-refractivity contribution < 1.29 is 9.47 Å². The Balaban J connectivity index is 1.51. The van der Waals surface area contributed by atoms with E-state index in [1.807, 2.05) is 54.7 Å². The van der Waals surface area contributed by atoms with Crippen molar-refractivity contribution in [3.63, 3.8) is 0 Å². The second kappa shape index (κ2) is 7.01. The van der Waals surface area contributed by atoms with Gasteiger partial charge in [-0.1, -0.05) is 16.8 Å². The summed E-state index contributed by atoms with van der Waals surface area (Å²) in [6.45, 7) is 0.303. The van der Waals surface area contributed by atoms with Gasteiger partial charge >= 0.3 is 0 Å². The van der Waals surface area contributed by atoms with Gasteiger partial charge in [0.1, 0.15) is 23.8 Å². The summed E-state index contributed by atoms with van der Waals surface area (Å²) in [5.41, 5.74) is 2.41. The van der Waals surface area contributed by atoms with E-state index in [0.29, 0.717) is 11.6 Å². The molecular weight excluding hydrogens is 352 g/mol. The highest BCUT2D eigenvalue weighted by Crippen LogP contribution is 2.26. The Morgan fingerprint density at radius 1 is 1.08 bits per heavy atom. The molecule has 4 aromatic rings. The summed E-state index contributed by atoms with van der Waals surface area (Å²) in [6.07, 6.45) is 3.53. The lowest BCUT2D eigenvalue weighted by atomic mass is 10.2. The fraction of sp³-hybridized carbons (Fsp3) is 0.105. The van der Waals surface area contributed by atoms with Crippen molar-refractivity contribution in [2.45, 2.75) is 6.61 Å². The van der Waals surface area contributed by atoms with Crippen LogP contribution in [-0.4, -0.2) is 27.1 Å². The van der Waals surface area contributed by atoms with Crippen molar-refractivity contribution in [3.05, 3.63) is 71.6 Å². The molecule has 0 amide bonds. The molecule has 7 heteroatoms. The molecule has 6 nitrogen and oxygen atoms in total. The highest BCUT2D eigenvalue weighted by Gasteiger charge is 2.07. The van der Waals surface area contributed by atoms with Gasteiger partial charge in [-0.25, -0.2) is 4.68 Å². The third kappa shape index (κ3) is 3.32. The molecule has 0 aliphatic rings. The van der Waals surface area contributed by atoms with Crippen LogP contribution in [0.5, 0.6) is 11.5 Å². The second-order valence-corrected chi connectivity index (χ2v) is 6.05. The maximum absolute atomic E-state index is 6.01. The van der Waals surface area contributed by atoms with E-state index in [-0.39, 0.29) is 0 Å². The number of benzene rings is 2. The fourth-order valence-electron chi connectivity index (χ4n) is 2.60. The number of methoxy groups -OCH3 is 1. The lowest BCUT2D eigenvalue weighted by Crippen LogP contribution is -1.97. The molecular formula is C19H15ClN4O2. The number of hydrogen-bond donors (Lipinski definition) is 0. The zero-order valence-corrected chi connectivity index (χ0v) is 14.7. The van der Waals surface area contributed by atoms with E-state index < -0.39 is 0 Å². The maximum Gasteiger partial charge on any atom is 0.134 e. The molecule has 0 atom stereocenters. The second-order valence-electron chi connectivity index (χ2n) is 5.61. The normalized spacial score (nSPS) is 10.8.